The van der Waals surface area contributed by atoms with E-state index in [2.05, 4.69) is 5.32 Å². The van der Waals surface area contributed by atoms with E-state index in [-0.39, 0.29) is 5.82 Å². The van der Waals surface area contributed by atoms with Gasteiger partial charge in [-0.1, -0.05) is 18.2 Å². The Labute approximate surface area is 112 Å². The molecule has 0 saturated carbocycles. The Kier molecular flexibility index (Phi) is 4.36. The molecule has 100 valence electrons. The molecule has 0 unspecified atom stereocenters. The largest absolute Gasteiger partial charge is 0.485 e. The van der Waals surface area contributed by atoms with Gasteiger partial charge in [-0.05, 0) is 32.3 Å². The van der Waals surface area contributed by atoms with E-state index >= 15 is 0 Å². The van der Waals surface area contributed by atoms with Gasteiger partial charge in [0.2, 0.25) is 0 Å². The summed E-state index contributed by atoms with van der Waals surface area (Å²) in [5, 5.41) is 2.75. The monoisotopic (exact) mass is 261 g/mol. The fraction of sp³-hybridized carbons (Fsp3) is 0.200. The van der Waals surface area contributed by atoms with E-state index in [1.54, 1.807) is 6.07 Å². The van der Waals surface area contributed by atoms with Gasteiger partial charge in [-0.25, -0.2) is 4.39 Å². The number of rotatable bonds is 0. The lowest BCUT2D eigenvalue weighted by atomic mass is 10.2. The summed E-state index contributed by atoms with van der Waals surface area (Å²) >= 11 is 0. The van der Waals surface area contributed by atoms with Crippen molar-refractivity contribution in [2.75, 3.05) is 14.1 Å². The zero-order valence-electron chi connectivity index (χ0n) is 10.9. The molecule has 1 aliphatic heterocycles. The number of hydrogen-bond donors (Lipinski definition) is 1. The summed E-state index contributed by atoms with van der Waals surface area (Å²) in [5.41, 5.74) is 0.958. The van der Waals surface area contributed by atoms with E-state index in [0.29, 0.717) is 23.9 Å². The number of fused-ring (bicyclic) bond motifs is 2. The molecule has 0 amide bonds. The Bertz CT molecular complexity index is 558. The van der Waals surface area contributed by atoms with E-state index in [1.807, 2.05) is 38.4 Å². The van der Waals surface area contributed by atoms with Crippen molar-refractivity contribution in [3.63, 3.8) is 0 Å². The van der Waals surface area contributed by atoms with Crippen molar-refractivity contribution in [1.29, 1.82) is 0 Å². The van der Waals surface area contributed by atoms with Crippen LogP contribution >= 0.6 is 0 Å². The minimum Gasteiger partial charge on any atom is -0.485 e. The summed E-state index contributed by atoms with van der Waals surface area (Å²) in [6, 6.07) is 11.8. The van der Waals surface area contributed by atoms with Crippen LogP contribution in [-0.4, -0.2) is 14.1 Å². The summed E-state index contributed by atoms with van der Waals surface area (Å²) in [4.78, 5) is 0. The fourth-order valence-corrected chi connectivity index (χ4v) is 1.68. The maximum atomic E-state index is 13.1. The first-order valence-corrected chi connectivity index (χ1v) is 6.01. The van der Waals surface area contributed by atoms with Gasteiger partial charge in [-0.3, -0.25) is 0 Å². The molecule has 19 heavy (non-hydrogen) atoms. The number of hydrogen-bond acceptors (Lipinski definition) is 3. The zero-order chi connectivity index (χ0) is 13.7. The number of benzene rings is 2. The smallest absolute Gasteiger partial charge is 0.172 e. The molecule has 0 radical (unpaired) electrons. The highest BCUT2D eigenvalue weighted by Gasteiger charge is 2.15. The average Bonchev–Trinajstić information content (AvgIpc) is 2.58. The zero-order valence-corrected chi connectivity index (χ0v) is 10.9. The predicted molar refractivity (Wildman–Crippen MR) is 72.2 cm³/mol. The number of para-hydroxylation sites is 1. The SMILES string of the molecule is CNC.Fc1ccc2c(c1)Oc1ccccc1CO2. The molecule has 2 aromatic carbocycles. The van der Waals surface area contributed by atoms with Gasteiger partial charge >= 0.3 is 0 Å². The summed E-state index contributed by atoms with van der Waals surface area (Å²) in [7, 11) is 3.75. The second kappa shape index (κ2) is 6.20. The predicted octanol–water partition coefficient (Wildman–Crippen LogP) is 3.35. The fourth-order valence-electron chi connectivity index (χ4n) is 1.68. The number of ether oxygens (including phenoxy) is 2. The highest BCUT2D eigenvalue weighted by Crippen LogP contribution is 2.37. The van der Waals surface area contributed by atoms with Gasteiger partial charge in [0, 0.05) is 11.6 Å². The van der Waals surface area contributed by atoms with Gasteiger partial charge in [0.25, 0.3) is 0 Å². The lowest BCUT2D eigenvalue weighted by Gasteiger charge is -2.06. The van der Waals surface area contributed by atoms with E-state index in [9.17, 15) is 4.39 Å². The molecule has 2 aromatic rings. The van der Waals surface area contributed by atoms with Gasteiger partial charge in [0.15, 0.2) is 11.5 Å². The van der Waals surface area contributed by atoms with Crippen molar-refractivity contribution < 1.29 is 13.9 Å². The van der Waals surface area contributed by atoms with Crippen LogP contribution in [0, 0.1) is 5.82 Å². The molecular weight excluding hydrogens is 245 g/mol. The van der Waals surface area contributed by atoms with Gasteiger partial charge < -0.3 is 14.8 Å². The standard InChI is InChI=1S/C13H9FO2.C2H7N/c14-10-5-6-12-13(7-10)16-11-4-2-1-3-9(11)8-15-12;1-3-2/h1-7H,8H2;3H,1-2H3. The number of halogens is 1. The van der Waals surface area contributed by atoms with Gasteiger partial charge in [-0.2, -0.15) is 0 Å². The van der Waals surface area contributed by atoms with Gasteiger partial charge in [-0.15, -0.1) is 0 Å². The van der Waals surface area contributed by atoms with Crippen LogP contribution in [0.1, 0.15) is 5.56 Å². The topological polar surface area (TPSA) is 30.5 Å². The Balaban J connectivity index is 0.000000408. The van der Waals surface area contributed by atoms with Crippen molar-refractivity contribution >= 4 is 0 Å². The molecule has 4 heteroatoms. The molecule has 0 atom stereocenters. The summed E-state index contributed by atoms with van der Waals surface area (Å²) in [6.07, 6.45) is 0. The van der Waals surface area contributed by atoms with E-state index in [4.69, 9.17) is 9.47 Å². The van der Waals surface area contributed by atoms with Crippen LogP contribution in [0.4, 0.5) is 4.39 Å². The van der Waals surface area contributed by atoms with Crippen LogP contribution in [0.5, 0.6) is 17.2 Å². The minimum atomic E-state index is -0.332. The first-order chi connectivity index (χ1) is 9.24. The van der Waals surface area contributed by atoms with Crippen LogP contribution in [0.15, 0.2) is 42.5 Å². The van der Waals surface area contributed by atoms with Crippen LogP contribution in [0.2, 0.25) is 0 Å². The molecule has 3 rings (SSSR count). The van der Waals surface area contributed by atoms with Crippen molar-refractivity contribution in [1.82, 2.24) is 5.32 Å². The third-order valence-corrected chi connectivity index (χ3v) is 2.48. The Morgan fingerprint density at radius 2 is 1.74 bits per heavy atom. The van der Waals surface area contributed by atoms with Gasteiger partial charge in [0.1, 0.15) is 18.2 Å². The molecule has 0 aliphatic carbocycles. The average molecular weight is 261 g/mol. The molecule has 1 N–H and O–H groups in total. The quantitative estimate of drug-likeness (QED) is 0.789. The molecule has 1 heterocycles. The Hall–Kier alpha value is -2.07. The van der Waals surface area contributed by atoms with Crippen LogP contribution in [0.25, 0.3) is 0 Å². The molecule has 0 saturated heterocycles. The summed E-state index contributed by atoms with van der Waals surface area (Å²) in [5.74, 6) is 1.37. The van der Waals surface area contributed by atoms with Crippen LogP contribution in [0.3, 0.4) is 0 Å². The molecule has 0 fully saturated rings. The lowest BCUT2D eigenvalue weighted by molar-refractivity contribution is 0.306. The highest BCUT2D eigenvalue weighted by molar-refractivity contribution is 5.47. The molecule has 0 aromatic heterocycles. The summed E-state index contributed by atoms with van der Waals surface area (Å²) in [6.45, 7) is 0.439. The van der Waals surface area contributed by atoms with E-state index in [1.165, 1.54) is 12.1 Å². The molecule has 0 bridgehead atoms. The first kappa shape index (κ1) is 13.4. The van der Waals surface area contributed by atoms with Crippen molar-refractivity contribution in [3.8, 4) is 17.2 Å². The highest BCUT2D eigenvalue weighted by atomic mass is 19.1. The Morgan fingerprint density at radius 1 is 1.00 bits per heavy atom. The molecular formula is C15H16FNO2. The van der Waals surface area contributed by atoms with Crippen LogP contribution in [-0.2, 0) is 6.61 Å². The third kappa shape index (κ3) is 3.23. The maximum Gasteiger partial charge on any atom is 0.172 e. The molecule has 0 spiro atoms. The number of nitrogens with one attached hydrogen (secondary N) is 1. The van der Waals surface area contributed by atoms with Crippen molar-refractivity contribution in [2.24, 2.45) is 0 Å². The normalized spacial score (nSPS) is 11.7. The van der Waals surface area contributed by atoms with E-state index < -0.39 is 0 Å². The maximum absolute atomic E-state index is 13.1. The summed E-state index contributed by atoms with van der Waals surface area (Å²) < 4.78 is 24.2. The first-order valence-electron chi connectivity index (χ1n) is 6.01. The van der Waals surface area contributed by atoms with E-state index in [0.717, 1.165) is 5.56 Å². The van der Waals surface area contributed by atoms with Crippen molar-refractivity contribution in [2.45, 2.75) is 6.61 Å². The van der Waals surface area contributed by atoms with Gasteiger partial charge in [0.05, 0.1) is 0 Å². The van der Waals surface area contributed by atoms with Crippen molar-refractivity contribution in [3.05, 3.63) is 53.8 Å². The van der Waals surface area contributed by atoms with Crippen LogP contribution < -0.4 is 14.8 Å². The molecule has 1 aliphatic rings. The molecule has 3 nitrogen and oxygen atoms in total. The second-order valence-electron chi connectivity index (χ2n) is 4.09. The Morgan fingerprint density at radius 3 is 2.53 bits per heavy atom. The second-order valence-corrected chi connectivity index (χ2v) is 4.09. The minimum absolute atomic E-state index is 0.332. The lowest BCUT2D eigenvalue weighted by Crippen LogP contribution is -1.92. The third-order valence-electron chi connectivity index (χ3n) is 2.48.